The van der Waals surface area contributed by atoms with Gasteiger partial charge in [-0.3, -0.25) is 4.90 Å². The van der Waals surface area contributed by atoms with E-state index in [-0.39, 0.29) is 0 Å². The SMILES string of the molecule is CC(C)N(CCOC1CCNCC1)CC1CC1. The van der Waals surface area contributed by atoms with Gasteiger partial charge in [0.15, 0.2) is 0 Å². The van der Waals surface area contributed by atoms with Crippen molar-refractivity contribution in [1.29, 1.82) is 0 Å². The zero-order valence-corrected chi connectivity index (χ0v) is 11.5. The molecular weight excluding hydrogens is 212 g/mol. The van der Waals surface area contributed by atoms with E-state index in [0.29, 0.717) is 12.1 Å². The molecule has 3 heteroatoms. The van der Waals surface area contributed by atoms with Crippen molar-refractivity contribution in [2.75, 3.05) is 32.8 Å². The van der Waals surface area contributed by atoms with Gasteiger partial charge in [-0.25, -0.2) is 0 Å². The number of nitrogens with zero attached hydrogens (tertiary/aromatic N) is 1. The highest BCUT2D eigenvalue weighted by molar-refractivity contribution is 4.78. The molecule has 3 nitrogen and oxygen atoms in total. The first-order valence-corrected chi connectivity index (χ1v) is 7.32. The van der Waals surface area contributed by atoms with Gasteiger partial charge >= 0.3 is 0 Å². The largest absolute Gasteiger partial charge is 0.377 e. The van der Waals surface area contributed by atoms with Crippen LogP contribution in [0.1, 0.15) is 39.5 Å². The Morgan fingerprint density at radius 2 is 1.88 bits per heavy atom. The maximum atomic E-state index is 5.98. The van der Waals surface area contributed by atoms with Gasteiger partial charge in [0.05, 0.1) is 12.7 Å². The van der Waals surface area contributed by atoms with E-state index < -0.39 is 0 Å². The molecule has 17 heavy (non-hydrogen) atoms. The Labute approximate surface area is 106 Å². The molecule has 0 bridgehead atoms. The summed E-state index contributed by atoms with van der Waals surface area (Å²) in [5.41, 5.74) is 0. The van der Waals surface area contributed by atoms with E-state index in [1.54, 1.807) is 0 Å². The molecule has 0 amide bonds. The van der Waals surface area contributed by atoms with E-state index in [2.05, 4.69) is 24.1 Å². The highest BCUT2D eigenvalue weighted by atomic mass is 16.5. The average Bonchev–Trinajstić information content (AvgIpc) is 3.13. The standard InChI is InChI=1S/C14H28N2O/c1-12(2)16(11-13-3-4-13)9-10-17-14-5-7-15-8-6-14/h12-15H,3-11H2,1-2H3. The molecule has 0 aromatic rings. The van der Waals surface area contributed by atoms with Crippen molar-refractivity contribution in [2.24, 2.45) is 5.92 Å². The Kier molecular flexibility index (Phi) is 5.26. The van der Waals surface area contributed by atoms with Gasteiger partial charge in [0.1, 0.15) is 0 Å². The summed E-state index contributed by atoms with van der Waals surface area (Å²) in [5.74, 6) is 0.983. The minimum atomic E-state index is 0.506. The van der Waals surface area contributed by atoms with Crippen LogP contribution in [0.2, 0.25) is 0 Å². The molecule has 0 spiro atoms. The fourth-order valence-corrected chi connectivity index (χ4v) is 2.49. The van der Waals surface area contributed by atoms with Gasteiger partial charge < -0.3 is 10.1 Å². The third kappa shape index (κ3) is 4.94. The van der Waals surface area contributed by atoms with E-state index >= 15 is 0 Å². The number of piperidine rings is 1. The van der Waals surface area contributed by atoms with Crippen LogP contribution in [0.25, 0.3) is 0 Å². The highest BCUT2D eigenvalue weighted by Gasteiger charge is 2.25. The second-order valence-electron chi connectivity index (χ2n) is 5.85. The van der Waals surface area contributed by atoms with Gasteiger partial charge in [-0.1, -0.05) is 0 Å². The van der Waals surface area contributed by atoms with Gasteiger partial charge in [0.2, 0.25) is 0 Å². The molecule has 1 heterocycles. The predicted molar refractivity (Wildman–Crippen MR) is 71.3 cm³/mol. The van der Waals surface area contributed by atoms with Crippen molar-refractivity contribution in [1.82, 2.24) is 10.2 Å². The first-order valence-electron chi connectivity index (χ1n) is 7.32. The minimum Gasteiger partial charge on any atom is -0.377 e. The van der Waals surface area contributed by atoms with Gasteiger partial charge in [-0.05, 0) is 58.5 Å². The molecule has 1 saturated heterocycles. The number of hydrogen-bond donors (Lipinski definition) is 1. The van der Waals surface area contributed by atoms with Gasteiger partial charge in [-0.2, -0.15) is 0 Å². The van der Waals surface area contributed by atoms with Crippen molar-refractivity contribution < 1.29 is 4.74 Å². The summed E-state index contributed by atoms with van der Waals surface area (Å²) in [6.45, 7) is 10.2. The number of ether oxygens (including phenoxy) is 1. The Morgan fingerprint density at radius 1 is 1.18 bits per heavy atom. The van der Waals surface area contributed by atoms with Gasteiger partial charge in [-0.15, -0.1) is 0 Å². The molecule has 1 saturated carbocycles. The Hall–Kier alpha value is -0.120. The third-order valence-corrected chi connectivity index (χ3v) is 3.94. The van der Waals surface area contributed by atoms with Crippen LogP contribution in [-0.2, 0) is 4.74 Å². The van der Waals surface area contributed by atoms with Crippen molar-refractivity contribution >= 4 is 0 Å². The van der Waals surface area contributed by atoms with Crippen LogP contribution >= 0.6 is 0 Å². The molecule has 0 aromatic heterocycles. The van der Waals surface area contributed by atoms with E-state index in [0.717, 1.165) is 32.2 Å². The lowest BCUT2D eigenvalue weighted by molar-refractivity contribution is 0.0153. The van der Waals surface area contributed by atoms with E-state index in [4.69, 9.17) is 4.74 Å². The van der Waals surface area contributed by atoms with Crippen LogP contribution in [0.3, 0.4) is 0 Å². The van der Waals surface area contributed by atoms with Crippen molar-refractivity contribution in [3.63, 3.8) is 0 Å². The topological polar surface area (TPSA) is 24.5 Å². The second kappa shape index (κ2) is 6.72. The predicted octanol–water partition coefficient (Wildman–Crippen LogP) is 1.88. The van der Waals surface area contributed by atoms with Crippen molar-refractivity contribution in [3.05, 3.63) is 0 Å². The molecule has 0 radical (unpaired) electrons. The van der Waals surface area contributed by atoms with Crippen LogP contribution < -0.4 is 5.32 Å². The van der Waals surface area contributed by atoms with Gasteiger partial charge in [0.25, 0.3) is 0 Å². The first kappa shape index (κ1) is 13.3. The zero-order chi connectivity index (χ0) is 12.1. The molecule has 2 aliphatic rings. The normalized spacial score (nSPS) is 22.6. The van der Waals surface area contributed by atoms with E-state index in [9.17, 15) is 0 Å². The number of hydrogen-bond acceptors (Lipinski definition) is 3. The number of rotatable bonds is 7. The smallest absolute Gasteiger partial charge is 0.0600 e. The molecule has 1 N–H and O–H groups in total. The van der Waals surface area contributed by atoms with Crippen LogP contribution in [0.5, 0.6) is 0 Å². The van der Waals surface area contributed by atoms with Crippen LogP contribution in [0.4, 0.5) is 0 Å². The Morgan fingerprint density at radius 3 is 2.47 bits per heavy atom. The van der Waals surface area contributed by atoms with Crippen molar-refractivity contribution in [2.45, 2.75) is 51.7 Å². The summed E-state index contributed by atoms with van der Waals surface area (Å²) in [6, 6.07) is 0.659. The highest BCUT2D eigenvalue weighted by Crippen LogP contribution is 2.30. The van der Waals surface area contributed by atoms with Gasteiger partial charge in [0, 0.05) is 19.1 Å². The molecule has 100 valence electrons. The third-order valence-electron chi connectivity index (χ3n) is 3.94. The molecule has 0 aromatic carbocycles. The van der Waals surface area contributed by atoms with Crippen LogP contribution in [0.15, 0.2) is 0 Å². The minimum absolute atomic E-state index is 0.506. The quantitative estimate of drug-likeness (QED) is 0.735. The average molecular weight is 240 g/mol. The summed E-state index contributed by atoms with van der Waals surface area (Å²) in [5, 5.41) is 3.38. The maximum Gasteiger partial charge on any atom is 0.0600 e. The maximum absolute atomic E-state index is 5.98. The Bertz CT molecular complexity index is 210. The van der Waals surface area contributed by atoms with Crippen LogP contribution in [-0.4, -0.2) is 49.8 Å². The van der Waals surface area contributed by atoms with E-state index in [1.807, 2.05) is 0 Å². The summed E-state index contributed by atoms with van der Waals surface area (Å²) < 4.78 is 5.98. The fourth-order valence-electron chi connectivity index (χ4n) is 2.49. The molecular formula is C14H28N2O. The summed E-state index contributed by atoms with van der Waals surface area (Å²) in [7, 11) is 0. The lowest BCUT2D eigenvalue weighted by Crippen LogP contribution is -2.38. The molecule has 2 fully saturated rings. The zero-order valence-electron chi connectivity index (χ0n) is 11.5. The monoisotopic (exact) mass is 240 g/mol. The molecule has 0 unspecified atom stereocenters. The molecule has 2 rings (SSSR count). The summed E-state index contributed by atoms with van der Waals surface area (Å²) in [4.78, 5) is 2.58. The summed E-state index contributed by atoms with van der Waals surface area (Å²) in [6.07, 6.45) is 5.76. The lowest BCUT2D eigenvalue weighted by atomic mass is 10.1. The number of nitrogens with one attached hydrogen (secondary N) is 1. The fraction of sp³-hybridized carbons (Fsp3) is 1.00. The summed E-state index contributed by atoms with van der Waals surface area (Å²) >= 11 is 0. The second-order valence-corrected chi connectivity index (χ2v) is 5.85. The Balaban J connectivity index is 1.60. The first-order chi connectivity index (χ1) is 8.25. The van der Waals surface area contributed by atoms with Crippen LogP contribution in [0, 0.1) is 5.92 Å². The lowest BCUT2D eigenvalue weighted by Gasteiger charge is -2.28. The van der Waals surface area contributed by atoms with E-state index in [1.165, 1.54) is 32.2 Å². The molecule has 0 atom stereocenters. The molecule has 1 aliphatic heterocycles. The molecule has 1 aliphatic carbocycles. The van der Waals surface area contributed by atoms with Crippen molar-refractivity contribution in [3.8, 4) is 0 Å².